The molecule has 0 spiro atoms. The summed E-state index contributed by atoms with van der Waals surface area (Å²) in [6.07, 6.45) is 4.58. The quantitative estimate of drug-likeness (QED) is 0.634. The molecule has 1 heterocycles. The molecule has 0 amide bonds. The second kappa shape index (κ2) is 4.11. The van der Waals surface area contributed by atoms with Gasteiger partial charge < -0.3 is 9.88 Å². The fourth-order valence-electron chi connectivity index (χ4n) is 1.11. The zero-order chi connectivity index (χ0) is 8.97. The highest BCUT2D eigenvalue weighted by Crippen LogP contribution is 1.85. The average Bonchev–Trinajstić information content (AvgIpc) is 2.36. The molecule has 0 atom stereocenters. The van der Waals surface area contributed by atoms with Crippen molar-refractivity contribution in [1.29, 1.82) is 0 Å². The number of aromatic nitrogens is 2. The largest absolute Gasteiger partial charge is 0.327 e. The Bertz CT molecular complexity index is 287. The fraction of sp³-hybridized carbons (Fsp3) is 0.625. The topological polar surface area (TPSA) is 39.0 Å². The van der Waals surface area contributed by atoms with Gasteiger partial charge in [0, 0.05) is 26.0 Å². The van der Waals surface area contributed by atoms with Gasteiger partial charge in [0.25, 0.3) is 0 Å². The van der Waals surface area contributed by atoms with Crippen LogP contribution in [0.4, 0.5) is 0 Å². The van der Waals surface area contributed by atoms with Crippen molar-refractivity contribution in [1.82, 2.24) is 14.5 Å². The lowest BCUT2D eigenvalue weighted by atomic mass is 10.4. The van der Waals surface area contributed by atoms with Crippen molar-refractivity contribution < 1.29 is 0 Å². The monoisotopic (exact) mass is 169 g/mol. The molecule has 0 bridgehead atoms. The molecular weight excluding hydrogens is 154 g/mol. The standard InChI is InChI=1S/C8H15N3O/c1-9-4-3-5-11-7-6-10(2)8(11)12/h6-7,9H,3-5H2,1-2H3. The van der Waals surface area contributed by atoms with Crippen LogP contribution in [-0.4, -0.2) is 22.7 Å². The van der Waals surface area contributed by atoms with Gasteiger partial charge in [-0.25, -0.2) is 4.79 Å². The highest BCUT2D eigenvalue weighted by Gasteiger charge is 1.97. The van der Waals surface area contributed by atoms with E-state index in [-0.39, 0.29) is 5.69 Å². The van der Waals surface area contributed by atoms with Crippen LogP contribution in [0.2, 0.25) is 0 Å². The Morgan fingerprint density at radius 1 is 1.50 bits per heavy atom. The van der Waals surface area contributed by atoms with Crippen molar-refractivity contribution in [2.24, 2.45) is 7.05 Å². The first kappa shape index (κ1) is 9.06. The molecule has 68 valence electrons. The molecule has 0 saturated carbocycles. The van der Waals surface area contributed by atoms with E-state index in [1.165, 1.54) is 0 Å². The summed E-state index contributed by atoms with van der Waals surface area (Å²) < 4.78 is 3.30. The number of hydrogen-bond donors (Lipinski definition) is 1. The Labute approximate surface area is 71.8 Å². The Hall–Kier alpha value is -1.03. The zero-order valence-electron chi connectivity index (χ0n) is 7.58. The minimum absolute atomic E-state index is 0.0612. The van der Waals surface area contributed by atoms with Gasteiger partial charge in [0.1, 0.15) is 0 Å². The Balaban J connectivity index is 2.52. The van der Waals surface area contributed by atoms with Crippen LogP contribution in [-0.2, 0) is 13.6 Å². The zero-order valence-corrected chi connectivity index (χ0v) is 7.58. The van der Waals surface area contributed by atoms with Gasteiger partial charge in [-0.2, -0.15) is 0 Å². The van der Waals surface area contributed by atoms with Crippen LogP contribution in [0, 0.1) is 0 Å². The molecule has 4 heteroatoms. The van der Waals surface area contributed by atoms with Crippen molar-refractivity contribution in [3.63, 3.8) is 0 Å². The maximum atomic E-state index is 11.3. The smallest absolute Gasteiger partial charge is 0.320 e. The van der Waals surface area contributed by atoms with Gasteiger partial charge in [0.2, 0.25) is 0 Å². The normalized spacial score (nSPS) is 10.5. The van der Waals surface area contributed by atoms with Crippen LogP contribution >= 0.6 is 0 Å². The van der Waals surface area contributed by atoms with Gasteiger partial charge >= 0.3 is 5.69 Å². The maximum Gasteiger partial charge on any atom is 0.327 e. The van der Waals surface area contributed by atoms with E-state index in [9.17, 15) is 4.79 Å². The number of nitrogens with one attached hydrogen (secondary N) is 1. The summed E-state index contributed by atoms with van der Waals surface area (Å²) in [5.41, 5.74) is 0.0612. The lowest BCUT2D eigenvalue weighted by Gasteiger charge is -1.99. The number of nitrogens with zero attached hydrogens (tertiary/aromatic N) is 2. The predicted molar refractivity (Wildman–Crippen MR) is 48.2 cm³/mol. The van der Waals surface area contributed by atoms with Crippen LogP contribution in [0.3, 0.4) is 0 Å². The predicted octanol–water partition coefficient (Wildman–Crippen LogP) is -0.204. The Kier molecular flexibility index (Phi) is 3.10. The van der Waals surface area contributed by atoms with E-state index in [1.54, 1.807) is 22.4 Å². The van der Waals surface area contributed by atoms with Gasteiger partial charge in [-0.05, 0) is 20.0 Å². The molecular formula is C8H15N3O. The van der Waals surface area contributed by atoms with E-state index in [0.29, 0.717) is 0 Å². The van der Waals surface area contributed by atoms with E-state index in [0.717, 1.165) is 19.5 Å². The minimum Gasteiger partial charge on any atom is -0.320 e. The van der Waals surface area contributed by atoms with Crippen LogP contribution < -0.4 is 11.0 Å². The number of imidazole rings is 1. The summed E-state index contributed by atoms with van der Waals surface area (Å²) >= 11 is 0. The molecule has 1 rings (SSSR count). The highest BCUT2D eigenvalue weighted by molar-refractivity contribution is 4.79. The molecule has 0 aliphatic heterocycles. The summed E-state index contributed by atoms with van der Waals surface area (Å²) in [5.74, 6) is 0. The van der Waals surface area contributed by atoms with Crippen LogP contribution in [0.25, 0.3) is 0 Å². The summed E-state index contributed by atoms with van der Waals surface area (Å²) in [5, 5.41) is 3.04. The Morgan fingerprint density at radius 3 is 2.75 bits per heavy atom. The van der Waals surface area contributed by atoms with E-state index in [1.807, 2.05) is 13.2 Å². The summed E-state index contributed by atoms with van der Waals surface area (Å²) in [7, 11) is 3.67. The third-order valence-electron chi connectivity index (χ3n) is 1.84. The molecule has 0 saturated heterocycles. The van der Waals surface area contributed by atoms with Gasteiger partial charge in [-0.1, -0.05) is 0 Å². The molecule has 1 aromatic heterocycles. The Morgan fingerprint density at radius 2 is 2.25 bits per heavy atom. The summed E-state index contributed by atoms with van der Waals surface area (Å²) in [6.45, 7) is 1.74. The molecule has 0 fully saturated rings. The van der Waals surface area contributed by atoms with E-state index in [4.69, 9.17) is 0 Å². The van der Waals surface area contributed by atoms with Crippen LogP contribution in [0.1, 0.15) is 6.42 Å². The minimum atomic E-state index is 0.0612. The van der Waals surface area contributed by atoms with Gasteiger partial charge in [-0.15, -0.1) is 0 Å². The van der Waals surface area contributed by atoms with Gasteiger partial charge in [0.15, 0.2) is 0 Å². The molecule has 0 unspecified atom stereocenters. The van der Waals surface area contributed by atoms with Crippen LogP contribution in [0.15, 0.2) is 17.2 Å². The van der Waals surface area contributed by atoms with Gasteiger partial charge in [0.05, 0.1) is 0 Å². The fourth-order valence-corrected chi connectivity index (χ4v) is 1.11. The lowest BCUT2D eigenvalue weighted by molar-refractivity contribution is 0.589. The SMILES string of the molecule is CNCCCn1ccn(C)c1=O. The van der Waals surface area contributed by atoms with Gasteiger partial charge in [-0.3, -0.25) is 4.57 Å². The first-order valence-corrected chi connectivity index (χ1v) is 4.12. The molecule has 0 aromatic carbocycles. The second-order valence-electron chi connectivity index (χ2n) is 2.84. The van der Waals surface area contributed by atoms with Crippen molar-refractivity contribution in [2.45, 2.75) is 13.0 Å². The lowest BCUT2D eigenvalue weighted by Crippen LogP contribution is -2.23. The first-order chi connectivity index (χ1) is 5.75. The highest BCUT2D eigenvalue weighted by atomic mass is 16.1. The third-order valence-corrected chi connectivity index (χ3v) is 1.84. The molecule has 1 aromatic rings. The molecule has 0 aliphatic carbocycles. The molecule has 1 N–H and O–H groups in total. The number of aryl methyl sites for hydroxylation is 2. The number of rotatable bonds is 4. The van der Waals surface area contributed by atoms with Crippen molar-refractivity contribution in [3.8, 4) is 0 Å². The van der Waals surface area contributed by atoms with Crippen LogP contribution in [0.5, 0.6) is 0 Å². The molecule has 0 aliphatic rings. The molecule has 4 nitrogen and oxygen atoms in total. The number of hydrogen-bond acceptors (Lipinski definition) is 2. The summed E-state index contributed by atoms with van der Waals surface area (Å²) in [4.78, 5) is 11.3. The second-order valence-corrected chi connectivity index (χ2v) is 2.84. The van der Waals surface area contributed by atoms with Crippen molar-refractivity contribution in [3.05, 3.63) is 22.9 Å². The van der Waals surface area contributed by atoms with Crippen molar-refractivity contribution in [2.75, 3.05) is 13.6 Å². The van der Waals surface area contributed by atoms with E-state index in [2.05, 4.69) is 5.32 Å². The van der Waals surface area contributed by atoms with E-state index >= 15 is 0 Å². The van der Waals surface area contributed by atoms with E-state index < -0.39 is 0 Å². The summed E-state index contributed by atoms with van der Waals surface area (Å²) in [6, 6.07) is 0. The maximum absolute atomic E-state index is 11.3. The molecule has 12 heavy (non-hydrogen) atoms. The first-order valence-electron chi connectivity index (χ1n) is 4.12. The average molecular weight is 169 g/mol. The van der Waals surface area contributed by atoms with Crippen molar-refractivity contribution >= 4 is 0 Å². The third kappa shape index (κ3) is 1.98. The molecule has 0 radical (unpaired) electrons.